The summed E-state index contributed by atoms with van der Waals surface area (Å²) in [6.45, 7) is -0.00416. The minimum atomic E-state index is -0.978. The van der Waals surface area contributed by atoms with Crippen molar-refractivity contribution >= 4 is 28.2 Å². The molecule has 1 fully saturated rings. The molecule has 4 aromatic carbocycles. The zero-order valence-electron chi connectivity index (χ0n) is 19.2. The summed E-state index contributed by atoms with van der Waals surface area (Å²) in [5, 5.41) is 13.0. The normalized spacial score (nSPS) is 17.1. The summed E-state index contributed by atoms with van der Waals surface area (Å²) >= 11 is 0. The number of methoxy groups -OCH3 is 1. The molecule has 0 aliphatic carbocycles. The van der Waals surface area contributed by atoms with Gasteiger partial charge in [-0.2, -0.15) is 0 Å². The molecule has 1 atom stereocenters. The highest BCUT2D eigenvalue weighted by molar-refractivity contribution is 6.46. The van der Waals surface area contributed by atoms with E-state index in [4.69, 9.17) is 4.74 Å². The van der Waals surface area contributed by atoms with E-state index < -0.39 is 35.1 Å². The number of halogens is 2. The predicted octanol–water partition coefficient (Wildman–Crippen LogP) is 5.75. The monoisotopic (exact) mass is 485 g/mol. The number of hydrogen-bond acceptors (Lipinski definition) is 4. The fourth-order valence-electron chi connectivity index (χ4n) is 4.65. The summed E-state index contributed by atoms with van der Waals surface area (Å²) in [6, 6.07) is 21.2. The van der Waals surface area contributed by atoms with E-state index in [1.165, 1.54) is 48.4 Å². The Morgan fingerprint density at radius 2 is 1.61 bits per heavy atom. The van der Waals surface area contributed by atoms with E-state index in [0.717, 1.165) is 16.8 Å². The maximum Gasteiger partial charge on any atom is 0.295 e. The molecule has 0 aromatic heterocycles. The summed E-state index contributed by atoms with van der Waals surface area (Å²) in [6.07, 6.45) is 0. The first-order valence-corrected chi connectivity index (χ1v) is 11.2. The molecule has 0 spiro atoms. The van der Waals surface area contributed by atoms with Crippen molar-refractivity contribution < 1.29 is 28.2 Å². The number of rotatable bonds is 5. The molecule has 180 valence electrons. The number of hydrogen-bond donors (Lipinski definition) is 1. The van der Waals surface area contributed by atoms with Gasteiger partial charge in [0.15, 0.2) is 0 Å². The van der Waals surface area contributed by atoms with Gasteiger partial charge >= 0.3 is 0 Å². The molecule has 7 heteroatoms. The second-order valence-corrected chi connectivity index (χ2v) is 8.47. The molecule has 5 nitrogen and oxygen atoms in total. The van der Waals surface area contributed by atoms with E-state index in [9.17, 15) is 23.5 Å². The number of nitrogens with zero attached hydrogens (tertiary/aromatic N) is 1. The first kappa shape index (κ1) is 23.2. The first-order valence-electron chi connectivity index (χ1n) is 11.2. The van der Waals surface area contributed by atoms with Gasteiger partial charge in [-0.05, 0) is 52.2 Å². The number of carbonyl (C=O) groups excluding carboxylic acids is 2. The average molecular weight is 485 g/mol. The van der Waals surface area contributed by atoms with E-state index in [1.54, 1.807) is 12.1 Å². The molecule has 1 amide bonds. The van der Waals surface area contributed by atoms with Crippen LogP contribution in [-0.4, -0.2) is 28.8 Å². The number of Topliss-reactive ketones (excluding diaryl/α,β-unsaturated/α-hetero) is 1. The lowest BCUT2D eigenvalue weighted by molar-refractivity contribution is -0.140. The highest BCUT2D eigenvalue weighted by atomic mass is 19.1. The van der Waals surface area contributed by atoms with Crippen LogP contribution >= 0.6 is 0 Å². The quantitative estimate of drug-likeness (QED) is 0.222. The Morgan fingerprint density at radius 1 is 0.917 bits per heavy atom. The van der Waals surface area contributed by atoms with Gasteiger partial charge in [0.1, 0.15) is 23.1 Å². The van der Waals surface area contributed by atoms with Gasteiger partial charge in [-0.1, -0.05) is 54.6 Å². The highest BCUT2D eigenvalue weighted by Crippen LogP contribution is 2.43. The van der Waals surface area contributed by atoms with Crippen LogP contribution in [0.3, 0.4) is 0 Å². The molecular formula is C29H21F2NO4. The molecule has 1 aliphatic rings. The second-order valence-electron chi connectivity index (χ2n) is 8.47. The van der Waals surface area contributed by atoms with Crippen molar-refractivity contribution in [3.8, 4) is 5.75 Å². The molecule has 1 saturated heterocycles. The number of aliphatic hydroxyl groups is 1. The molecule has 1 unspecified atom stereocenters. The lowest BCUT2D eigenvalue weighted by Crippen LogP contribution is -2.29. The predicted molar refractivity (Wildman–Crippen MR) is 131 cm³/mol. The Labute approximate surface area is 205 Å². The van der Waals surface area contributed by atoms with Crippen LogP contribution in [0.4, 0.5) is 8.78 Å². The Balaban J connectivity index is 1.76. The molecule has 4 aromatic rings. The van der Waals surface area contributed by atoms with E-state index in [2.05, 4.69) is 0 Å². The zero-order chi connectivity index (χ0) is 25.4. The van der Waals surface area contributed by atoms with E-state index >= 15 is 0 Å². The Bertz CT molecular complexity index is 1520. The summed E-state index contributed by atoms with van der Waals surface area (Å²) < 4.78 is 32.9. The Morgan fingerprint density at radius 3 is 2.36 bits per heavy atom. The molecule has 0 saturated carbocycles. The third-order valence-electron chi connectivity index (χ3n) is 6.34. The topological polar surface area (TPSA) is 66.8 Å². The lowest BCUT2D eigenvalue weighted by Gasteiger charge is -2.26. The van der Waals surface area contributed by atoms with Gasteiger partial charge in [-0.3, -0.25) is 9.59 Å². The number of likely N-dealkylation sites (tertiary alicyclic amines) is 1. The fourth-order valence-corrected chi connectivity index (χ4v) is 4.65. The van der Waals surface area contributed by atoms with Crippen LogP contribution in [0.15, 0.2) is 90.5 Å². The van der Waals surface area contributed by atoms with Gasteiger partial charge < -0.3 is 14.7 Å². The molecule has 0 radical (unpaired) electrons. The van der Waals surface area contributed by atoms with Gasteiger partial charge in [-0.25, -0.2) is 8.78 Å². The van der Waals surface area contributed by atoms with Crippen molar-refractivity contribution in [1.29, 1.82) is 0 Å². The van der Waals surface area contributed by atoms with Crippen molar-refractivity contribution in [2.24, 2.45) is 0 Å². The van der Waals surface area contributed by atoms with Crippen LogP contribution in [0.25, 0.3) is 16.5 Å². The number of aliphatic hydroxyl groups excluding tert-OH is 1. The van der Waals surface area contributed by atoms with Crippen molar-refractivity contribution in [1.82, 2.24) is 4.90 Å². The molecule has 1 heterocycles. The lowest BCUT2D eigenvalue weighted by atomic mass is 9.91. The van der Waals surface area contributed by atoms with Crippen molar-refractivity contribution in [2.45, 2.75) is 12.6 Å². The van der Waals surface area contributed by atoms with Crippen molar-refractivity contribution in [3.63, 3.8) is 0 Å². The molecule has 1 N–H and O–H groups in total. The zero-order valence-corrected chi connectivity index (χ0v) is 19.2. The number of ketones is 1. The highest BCUT2D eigenvalue weighted by Gasteiger charge is 2.46. The van der Waals surface area contributed by atoms with Gasteiger partial charge in [0.2, 0.25) is 0 Å². The van der Waals surface area contributed by atoms with E-state index in [1.807, 2.05) is 30.3 Å². The van der Waals surface area contributed by atoms with Crippen LogP contribution in [0.2, 0.25) is 0 Å². The SMILES string of the molecule is COc1ccc(F)cc1/C(O)=C1\C(=O)C(=O)N(Cc2ccc(F)cc2)C1c1cccc2ccccc12. The smallest absolute Gasteiger partial charge is 0.295 e. The summed E-state index contributed by atoms with van der Waals surface area (Å²) in [5.41, 5.74) is 1.00. The van der Waals surface area contributed by atoms with E-state index in [0.29, 0.717) is 11.1 Å². The van der Waals surface area contributed by atoms with Crippen LogP contribution in [0.1, 0.15) is 22.7 Å². The van der Waals surface area contributed by atoms with Crippen LogP contribution in [0.5, 0.6) is 5.75 Å². The van der Waals surface area contributed by atoms with Crippen LogP contribution < -0.4 is 4.74 Å². The van der Waals surface area contributed by atoms with Crippen molar-refractivity contribution in [3.05, 3.63) is 119 Å². The summed E-state index contributed by atoms with van der Waals surface area (Å²) in [7, 11) is 1.36. The third kappa shape index (κ3) is 3.98. The van der Waals surface area contributed by atoms with Crippen LogP contribution in [0, 0.1) is 11.6 Å². The number of benzene rings is 4. The Hall–Kier alpha value is -4.52. The third-order valence-corrected chi connectivity index (χ3v) is 6.34. The van der Waals surface area contributed by atoms with Gasteiger partial charge in [0.05, 0.1) is 24.3 Å². The molecule has 5 rings (SSSR count). The number of fused-ring (bicyclic) bond motifs is 1. The fraction of sp³-hybridized carbons (Fsp3) is 0.103. The summed E-state index contributed by atoms with van der Waals surface area (Å²) in [4.78, 5) is 28.0. The number of carbonyl (C=O) groups is 2. The molecular weight excluding hydrogens is 464 g/mol. The minimum Gasteiger partial charge on any atom is -0.507 e. The van der Waals surface area contributed by atoms with Gasteiger partial charge in [0.25, 0.3) is 11.7 Å². The summed E-state index contributed by atoms with van der Waals surface area (Å²) in [5.74, 6) is -3.18. The van der Waals surface area contributed by atoms with Gasteiger partial charge in [-0.15, -0.1) is 0 Å². The molecule has 0 bridgehead atoms. The minimum absolute atomic E-state index is 0.00416. The first-order chi connectivity index (χ1) is 17.4. The van der Waals surface area contributed by atoms with Gasteiger partial charge in [0, 0.05) is 6.54 Å². The molecule has 36 heavy (non-hydrogen) atoms. The average Bonchev–Trinajstić information content (AvgIpc) is 3.14. The number of ether oxygens (including phenoxy) is 1. The standard InChI is InChI=1S/C29H21F2NO4/c1-36-24-14-13-20(31)15-23(24)27(33)25-26(22-8-4-6-18-5-2-3-7-21(18)22)32(29(35)28(25)34)16-17-9-11-19(30)12-10-17/h2-15,26,33H,16H2,1H3/b27-25+. The maximum atomic E-state index is 14.1. The molecule has 1 aliphatic heterocycles. The van der Waals surface area contributed by atoms with Crippen LogP contribution in [-0.2, 0) is 16.1 Å². The number of amides is 1. The Kier molecular flexibility index (Phi) is 5.98. The van der Waals surface area contributed by atoms with Crippen molar-refractivity contribution in [2.75, 3.05) is 7.11 Å². The largest absolute Gasteiger partial charge is 0.507 e. The van der Waals surface area contributed by atoms with E-state index in [-0.39, 0.29) is 23.4 Å². The second kappa shape index (κ2) is 9.26. The maximum absolute atomic E-state index is 14.1.